The molecule has 0 rings (SSSR count). The van der Waals surface area contributed by atoms with Crippen molar-refractivity contribution in [3.05, 3.63) is 0 Å². The van der Waals surface area contributed by atoms with Gasteiger partial charge >= 0.3 is 0 Å². The minimum Gasteiger partial charge on any atom is -0.365 e. The largest absolute Gasteiger partial charge is 0.365 e. The quantitative estimate of drug-likeness (QED) is 0.628. The van der Waals surface area contributed by atoms with Crippen LogP contribution >= 0.6 is 0 Å². The Balaban J connectivity index is 4.45. The van der Waals surface area contributed by atoms with Crippen LogP contribution in [-0.4, -0.2) is 17.5 Å². The number of rotatable bonds is 8. The maximum atomic E-state index is 12.1. The molecule has 0 N–H and O–H groups in total. The number of carbonyl (C=O) groups excluding carboxylic acids is 1. The van der Waals surface area contributed by atoms with Crippen LogP contribution in [-0.2, 0) is 9.53 Å². The third kappa shape index (κ3) is 4.25. The molecule has 2 nitrogen and oxygen atoms in total. The summed E-state index contributed by atoms with van der Waals surface area (Å²) in [5.74, 6) is 0.422. The molecule has 0 fully saturated rings. The van der Waals surface area contributed by atoms with Gasteiger partial charge in [-0.15, -0.1) is 0 Å². The maximum Gasteiger partial charge on any atom is 0.164 e. The SMILES string of the molecule is CCC(CC)C(=O)C(C)OC(C)(CC)CC. The second kappa shape index (κ2) is 7.05. The molecule has 0 saturated carbocycles. The number of ether oxygens (including phenoxy) is 1. The van der Waals surface area contributed by atoms with Crippen molar-refractivity contribution in [3.63, 3.8) is 0 Å². The van der Waals surface area contributed by atoms with E-state index in [2.05, 4.69) is 34.6 Å². The molecule has 0 aliphatic heterocycles. The topological polar surface area (TPSA) is 26.3 Å². The minimum atomic E-state index is -0.269. The van der Waals surface area contributed by atoms with Crippen LogP contribution in [0.5, 0.6) is 0 Å². The van der Waals surface area contributed by atoms with E-state index in [1.54, 1.807) is 0 Å². The number of carbonyl (C=O) groups is 1. The molecule has 1 atom stereocenters. The lowest BCUT2D eigenvalue weighted by atomic mass is 9.93. The van der Waals surface area contributed by atoms with Gasteiger partial charge in [-0.05, 0) is 39.5 Å². The standard InChI is InChI=1S/C14H28O2/c1-7-12(8-2)13(15)11(5)16-14(6,9-3)10-4/h11-12H,7-10H2,1-6H3. The van der Waals surface area contributed by atoms with Crippen LogP contribution in [0.2, 0.25) is 0 Å². The average molecular weight is 228 g/mol. The van der Waals surface area contributed by atoms with Gasteiger partial charge in [-0.25, -0.2) is 0 Å². The molecule has 0 bridgehead atoms. The van der Waals surface area contributed by atoms with Gasteiger partial charge in [-0.2, -0.15) is 0 Å². The number of ketones is 1. The summed E-state index contributed by atoms with van der Waals surface area (Å²) in [5.41, 5.74) is -0.152. The highest BCUT2D eigenvalue weighted by atomic mass is 16.5. The smallest absolute Gasteiger partial charge is 0.164 e. The van der Waals surface area contributed by atoms with E-state index in [-0.39, 0.29) is 23.4 Å². The lowest BCUT2D eigenvalue weighted by molar-refractivity contribution is -0.146. The molecule has 0 aromatic carbocycles. The molecule has 96 valence electrons. The van der Waals surface area contributed by atoms with Crippen molar-refractivity contribution >= 4 is 5.78 Å². The van der Waals surface area contributed by atoms with Crippen molar-refractivity contribution < 1.29 is 9.53 Å². The molecule has 0 saturated heterocycles. The normalized spacial score (nSPS) is 14.2. The Morgan fingerprint density at radius 2 is 1.56 bits per heavy atom. The lowest BCUT2D eigenvalue weighted by Crippen LogP contribution is -2.37. The van der Waals surface area contributed by atoms with Crippen molar-refractivity contribution in [1.29, 1.82) is 0 Å². The molecule has 1 unspecified atom stereocenters. The van der Waals surface area contributed by atoms with Gasteiger partial charge in [0.2, 0.25) is 0 Å². The summed E-state index contributed by atoms with van der Waals surface area (Å²) < 4.78 is 5.93. The monoisotopic (exact) mass is 228 g/mol. The van der Waals surface area contributed by atoms with Crippen LogP contribution in [0.15, 0.2) is 0 Å². The second-order valence-electron chi connectivity index (χ2n) is 4.83. The fourth-order valence-corrected chi connectivity index (χ4v) is 1.92. The minimum absolute atomic E-state index is 0.152. The average Bonchev–Trinajstić information content (AvgIpc) is 2.30. The lowest BCUT2D eigenvalue weighted by Gasteiger charge is -2.31. The fraction of sp³-hybridized carbons (Fsp3) is 0.929. The maximum absolute atomic E-state index is 12.1. The molecule has 0 aliphatic rings. The summed E-state index contributed by atoms with van der Waals surface area (Å²) in [4.78, 5) is 12.1. The molecule has 0 spiro atoms. The highest BCUT2D eigenvalue weighted by molar-refractivity contribution is 5.85. The molecule has 0 amide bonds. The highest BCUT2D eigenvalue weighted by Crippen LogP contribution is 2.23. The van der Waals surface area contributed by atoms with Gasteiger partial charge in [-0.1, -0.05) is 27.7 Å². The van der Waals surface area contributed by atoms with Crippen LogP contribution in [0.25, 0.3) is 0 Å². The van der Waals surface area contributed by atoms with Gasteiger partial charge in [0.05, 0.1) is 5.60 Å². The predicted octanol–water partition coefficient (Wildman–Crippen LogP) is 3.98. The summed E-state index contributed by atoms with van der Waals surface area (Å²) in [6, 6.07) is 0. The van der Waals surface area contributed by atoms with E-state index in [9.17, 15) is 4.79 Å². The summed E-state index contributed by atoms with van der Waals surface area (Å²) in [7, 11) is 0. The van der Waals surface area contributed by atoms with E-state index >= 15 is 0 Å². The second-order valence-corrected chi connectivity index (χ2v) is 4.83. The Morgan fingerprint density at radius 1 is 1.12 bits per heavy atom. The Bertz CT molecular complexity index is 203. The van der Waals surface area contributed by atoms with Crippen molar-refractivity contribution in [3.8, 4) is 0 Å². The summed E-state index contributed by atoms with van der Waals surface area (Å²) in [5, 5.41) is 0. The fourth-order valence-electron chi connectivity index (χ4n) is 1.92. The van der Waals surface area contributed by atoms with Crippen molar-refractivity contribution in [2.24, 2.45) is 5.92 Å². The first-order valence-corrected chi connectivity index (χ1v) is 6.65. The van der Waals surface area contributed by atoms with E-state index in [0.717, 1.165) is 25.7 Å². The summed E-state index contributed by atoms with van der Waals surface area (Å²) in [6.07, 6.45) is 3.46. The molecule has 16 heavy (non-hydrogen) atoms. The molecule has 2 heteroatoms. The van der Waals surface area contributed by atoms with E-state index in [4.69, 9.17) is 4.74 Å². The predicted molar refractivity (Wildman–Crippen MR) is 68.6 cm³/mol. The summed E-state index contributed by atoms with van der Waals surface area (Å²) in [6.45, 7) is 12.3. The Hall–Kier alpha value is -0.370. The van der Waals surface area contributed by atoms with Crippen molar-refractivity contribution in [1.82, 2.24) is 0 Å². The first-order valence-electron chi connectivity index (χ1n) is 6.65. The zero-order chi connectivity index (χ0) is 12.8. The van der Waals surface area contributed by atoms with Crippen molar-refractivity contribution in [2.45, 2.75) is 78.9 Å². The van der Waals surface area contributed by atoms with Crippen LogP contribution in [0.4, 0.5) is 0 Å². The third-order valence-corrected chi connectivity index (χ3v) is 3.75. The van der Waals surface area contributed by atoms with E-state index < -0.39 is 0 Å². The molecule has 0 radical (unpaired) electrons. The molecule has 0 aromatic heterocycles. The number of hydrogen-bond donors (Lipinski definition) is 0. The van der Waals surface area contributed by atoms with E-state index in [1.807, 2.05) is 6.92 Å². The highest BCUT2D eigenvalue weighted by Gasteiger charge is 2.29. The van der Waals surface area contributed by atoms with Crippen LogP contribution < -0.4 is 0 Å². The van der Waals surface area contributed by atoms with Gasteiger partial charge in [0.1, 0.15) is 6.10 Å². The van der Waals surface area contributed by atoms with Gasteiger partial charge in [0, 0.05) is 5.92 Å². The van der Waals surface area contributed by atoms with Gasteiger partial charge in [0.15, 0.2) is 5.78 Å². The first kappa shape index (κ1) is 15.6. The first-order chi connectivity index (χ1) is 7.44. The zero-order valence-corrected chi connectivity index (χ0v) is 11.8. The van der Waals surface area contributed by atoms with Crippen LogP contribution in [0.1, 0.15) is 67.2 Å². The Kier molecular flexibility index (Phi) is 6.89. The molecule has 0 aliphatic carbocycles. The summed E-state index contributed by atoms with van der Waals surface area (Å²) >= 11 is 0. The number of hydrogen-bond acceptors (Lipinski definition) is 2. The van der Waals surface area contributed by atoms with E-state index in [1.165, 1.54) is 0 Å². The zero-order valence-electron chi connectivity index (χ0n) is 11.8. The van der Waals surface area contributed by atoms with Gasteiger partial charge < -0.3 is 4.74 Å². The van der Waals surface area contributed by atoms with Crippen molar-refractivity contribution in [2.75, 3.05) is 0 Å². The molecule has 0 aromatic rings. The van der Waals surface area contributed by atoms with Crippen LogP contribution in [0.3, 0.4) is 0 Å². The number of Topliss-reactive ketones (excluding diaryl/α,β-unsaturated/α-hetero) is 1. The van der Waals surface area contributed by atoms with Gasteiger partial charge in [0.25, 0.3) is 0 Å². The molecule has 0 heterocycles. The third-order valence-electron chi connectivity index (χ3n) is 3.75. The van der Waals surface area contributed by atoms with Gasteiger partial charge in [-0.3, -0.25) is 4.79 Å². The van der Waals surface area contributed by atoms with E-state index in [0.29, 0.717) is 0 Å². The molecular weight excluding hydrogens is 200 g/mol. The Labute approximate surface area is 101 Å². The van der Waals surface area contributed by atoms with Crippen LogP contribution in [0, 0.1) is 5.92 Å². The molecular formula is C14H28O2. The Morgan fingerprint density at radius 3 is 1.88 bits per heavy atom.